The predicted octanol–water partition coefficient (Wildman–Crippen LogP) is 3.12. The van der Waals surface area contributed by atoms with Crippen molar-refractivity contribution in [2.75, 3.05) is 11.9 Å². The van der Waals surface area contributed by atoms with Gasteiger partial charge in [0.2, 0.25) is 5.91 Å². The minimum absolute atomic E-state index is 0.0120. The number of nitrogens with zero attached hydrogens (tertiary/aromatic N) is 4. The first-order chi connectivity index (χ1) is 15.6. The van der Waals surface area contributed by atoms with Gasteiger partial charge in [0.25, 0.3) is 5.56 Å². The zero-order valence-electron chi connectivity index (χ0n) is 17.1. The number of carbonyl (C=O) groups excluding carboxylic acids is 2. The molecule has 0 aliphatic heterocycles. The number of carbonyl (C=O) groups is 2. The smallest absolute Gasteiger partial charge is 0.350 e. The number of anilines is 1. The van der Waals surface area contributed by atoms with Gasteiger partial charge in [-0.15, -0.1) is 5.10 Å². The summed E-state index contributed by atoms with van der Waals surface area (Å²) in [5.41, 5.74) is 1.38. The van der Waals surface area contributed by atoms with Gasteiger partial charge in [-0.25, -0.2) is 14.5 Å². The van der Waals surface area contributed by atoms with Crippen molar-refractivity contribution < 1.29 is 14.3 Å². The molecule has 0 aliphatic carbocycles. The van der Waals surface area contributed by atoms with E-state index in [0.717, 1.165) is 21.6 Å². The average molecular weight is 449 g/mol. The van der Waals surface area contributed by atoms with Crippen LogP contribution in [-0.2, 0) is 16.1 Å². The van der Waals surface area contributed by atoms with E-state index in [1.165, 1.54) is 0 Å². The molecule has 0 bridgehead atoms. The van der Waals surface area contributed by atoms with Gasteiger partial charge in [-0.2, -0.15) is 0 Å². The Balaban J connectivity index is 1.50. The standard InChI is InChI=1S/C22H19N5O4S/c1-2-31-21(30)19-18(14-8-4-3-5-9-14)24-22(32-19)23-17(28)12-13-27-20(29)15-10-6-7-11-16(15)25-26-27/h3-11H,2,12-13H2,1H3,(H,23,24,28). The van der Waals surface area contributed by atoms with E-state index in [1.54, 1.807) is 31.2 Å². The molecule has 1 amide bonds. The van der Waals surface area contributed by atoms with Crippen molar-refractivity contribution in [2.45, 2.75) is 19.9 Å². The summed E-state index contributed by atoms with van der Waals surface area (Å²) in [5.74, 6) is -0.863. The van der Waals surface area contributed by atoms with E-state index < -0.39 is 5.97 Å². The molecule has 0 atom stereocenters. The van der Waals surface area contributed by atoms with Gasteiger partial charge < -0.3 is 10.1 Å². The van der Waals surface area contributed by atoms with E-state index in [0.29, 0.717) is 21.5 Å². The highest BCUT2D eigenvalue weighted by atomic mass is 32.1. The molecule has 0 saturated heterocycles. The lowest BCUT2D eigenvalue weighted by molar-refractivity contribution is -0.116. The van der Waals surface area contributed by atoms with Gasteiger partial charge in [0.15, 0.2) is 5.13 Å². The molecule has 32 heavy (non-hydrogen) atoms. The van der Waals surface area contributed by atoms with E-state index in [4.69, 9.17) is 4.74 Å². The fourth-order valence-corrected chi connectivity index (χ4v) is 3.96. The van der Waals surface area contributed by atoms with Gasteiger partial charge in [0.05, 0.1) is 24.2 Å². The highest BCUT2D eigenvalue weighted by molar-refractivity contribution is 7.18. The summed E-state index contributed by atoms with van der Waals surface area (Å²) in [5, 5.41) is 11.3. The predicted molar refractivity (Wildman–Crippen MR) is 121 cm³/mol. The van der Waals surface area contributed by atoms with Crippen molar-refractivity contribution in [3.05, 3.63) is 69.8 Å². The van der Waals surface area contributed by atoms with Gasteiger partial charge in [0.1, 0.15) is 10.4 Å². The fourth-order valence-electron chi connectivity index (χ4n) is 3.06. The Kier molecular flexibility index (Phi) is 6.31. The summed E-state index contributed by atoms with van der Waals surface area (Å²) < 4.78 is 6.28. The Hall–Kier alpha value is -3.92. The minimum Gasteiger partial charge on any atom is -0.462 e. The molecule has 0 spiro atoms. The van der Waals surface area contributed by atoms with Crippen LogP contribution >= 0.6 is 11.3 Å². The number of thiazole rings is 1. The molecular weight excluding hydrogens is 430 g/mol. The lowest BCUT2D eigenvalue weighted by Gasteiger charge is -2.04. The monoisotopic (exact) mass is 449 g/mol. The molecule has 0 aliphatic rings. The zero-order chi connectivity index (χ0) is 22.5. The summed E-state index contributed by atoms with van der Waals surface area (Å²) in [4.78, 5) is 42.1. The second-order valence-corrected chi connectivity index (χ2v) is 7.72. The van der Waals surface area contributed by atoms with Crippen molar-refractivity contribution in [3.63, 3.8) is 0 Å². The molecule has 4 rings (SSSR count). The molecule has 1 N–H and O–H groups in total. The first-order valence-corrected chi connectivity index (χ1v) is 10.7. The number of fused-ring (bicyclic) bond motifs is 1. The van der Waals surface area contributed by atoms with Crippen LogP contribution in [0.4, 0.5) is 5.13 Å². The Morgan fingerprint density at radius 2 is 1.84 bits per heavy atom. The normalized spacial score (nSPS) is 10.8. The topological polar surface area (TPSA) is 116 Å². The molecule has 2 heterocycles. The molecule has 0 radical (unpaired) electrons. The van der Waals surface area contributed by atoms with E-state index >= 15 is 0 Å². The third-order valence-corrected chi connectivity index (χ3v) is 5.51. The van der Waals surface area contributed by atoms with Crippen molar-refractivity contribution in [1.82, 2.24) is 20.0 Å². The third kappa shape index (κ3) is 4.54. The molecule has 4 aromatic rings. The van der Waals surface area contributed by atoms with Crippen molar-refractivity contribution in [3.8, 4) is 11.3 Å². The number of aromatic nitrogens is 4. The SMILES string of the molecule is CCOC(=O)c1sc(NC(=O)CCn2nnc3ccccc3c2=O)nc1-c1ccccc1. The van der Waals surface area contributed by atoms with E-state index in [2.05, 4.69) is 20.6 Å². The molecule has 0 unspecified atom stereocenters. The second-order valence-electron chi connectivity index (χ2n) is 6.72. The lowest BCUT2D eigenvalue weighted by atomic mass is 10.1. The summed E-state index contributed by atoms with van der Waals surface area (Å²) >= 11 is 1.04. The maximum absolute atomic E-state index is 12.5. The lowest BCUT2D eigenvalue weighted by Crippen LogP contribution is -2.26. The van der Waals surface area contributed by atoms with E-state index in [-0.39, 0.29) is 36.2 Å². The third-order valence-electron chi connectivity index (χ3n) is 4.56. The number of amides is 1. The summed E-state index contributed by atoms with van der Waals surface area (Å²) in [6.07, 6.45) is -0.0120. The Bertz CT molecular complexity index is 1330. The van der Waals surface area contributed by atoms with Crippen molar-refractivity contribution in [1.29, 1.82) is 0 Å². The first-order valence-electron chi connectivity index (χ1n) is 9.92. The van der Waals surface area contributed by atoms with Crippen LogP contribution in [0.5, 0.6) is 0 Å². The van der Waals surface area contributed by atoms with Gasteiger partial charge in [-0.3, -0.25) is 9.59 Å². The minimum atomic E-state index is -0.498. The fraction of sp³-hybridized carbons (Fsp3) is 0.182. The largest absolute Gasteiger partial charge is 0.462 e. The molecule has 9 nitrogen and oxygen atoms in total. The van der Waals surface area contributed by atoms with Crippen LogP contribution < -0.4 is 10.9 Å². The number of esters is 1. The van der Waals surface area contributed by atoms with Crippen LogP contribution in [0.15, 0.2) is 59.4 Å². The molecule has 162 valence electrons. The highest BCUT2D eigenvalue weighted by Crippen LogP contribution is 2.31. The molecule has 2 aromatic heterocycles. The molecule has 0 saturated carbocycles. The summed E-state index contributed by atoms with van der Waals surface area (Å²) in [6, 6.07) is 16.1. The van der Waals surface area contributed by atoms with E-state index in [1.807, 2.05) is 30.3 Å². The van der Waals surface area contributed by atoms with Crippen LogP contribution in [0.2, 0.25) is 0 Å². The number of rotatable bonds is 7. The van der Waals surface area contributed by atoms with Gasteiger partial charge in [-0.1, -0.05) is 59.0 Å². The molecular formula is C22H19N5O4S. The van der Waals surface area contributed by atoms with Crippen LogP contribution in [0.1, 0.15) is 23.0 Å². The number of nitrogens with one attached hydrogen (secondary N) is 1. The summed E-state index contributed by atoms with van der Waals surface area (Å²) in [7, 11) is 0. The molecule has 0 fully saturated rings. The van der Waals surface area contributed by atoms with Gasteiger partial charge in [0, 0.05) is 12.0 Å². The number of ether oxygens (including phenoxy) is 1. The van der Waals surface area contributed by atoms with Gasteiger partial charge in [-0.05, 0) is 19.1 Å². The first kappa shape index (κ1) is 21.3. The van der Waals surface area contributed by atoms with E-state index in [9.17, 15) is 14.4 Å². The maximum atomic E-state index is 12.5. The van der Waals surface area contributed by atoms with Crippen LogP contribution in [0, 0.1) is 0 Å². The Morgan fingerprint density at radius 3 is 2.62 bits per heavy atom. The van der Waals surface area contributed by atoms with Crippen molar-refractivity contribution >= 4 is 39.2 Å². The number of hydrogen-bond donors (Lipinski definition) is 1. The summed E-state index contributed by atoms with van der Waals surface area (Å²) in [6.45, 7) is 2.01. The van der Waals surface area contributed by atoms with Crippen molar-refractivity contribution in [2.24, 2.45) is 0 Å². The average Bonchev–Trinajstić information content (AvgIpc) is 3.23. The van der Waals surface area contributed by atoms with Crippen LogP contribution in [0.3, 0.4) is 0 Å². The Labute approximate surface area is 186 Å². The molecule has 2 aromatic carbocycles. The zero-order valence-corrected chi connectivity index (χ0v) is 18.0. The van der Waals surface area contributed by atoms with Crippen LogP contribution in [-0.4, -0.2) is 38.5 Å². The maximum Gasteiger partial charge on any atom is 0.350 e. The molecule has 10 heteroatoms. The number of benzene rings is 2. The quantitative estimate of drug-likeness (QED) is 0.431. The number of aryl methyl sites for hydroxylation is 1. The van der Waals surface area contributed by atoms with Gasteiger partial charge >= 0.3 is 5.97 Å². The second kappa shape index (κ2) is 9.48. The Morgan fingerprint density at radius 1 is 1.09 bits per heavy atom. The van der Waals surface area contributed by atoms with Crippen LogP contribution in [0.25, 0.3) is 22.2 Å². The number of hydrogen-bond acceptors (Lipinski definition) is 8. The highest BCUT2D eigenvalue weighted by Gasteiger charge is 2.21.